The van der Waals surface area contributed by atoms with Crippen molar-refractivity contribution >= 4 is 22.3 Å². The number of imidazole rings is 1. The van der Waals surface area contributed by atoms with Gasteiger partial charge in [-0.3, -0.25) is 9.20 Å². The Balaban J connectivity index is 2.11. The lowest BCUT2D eigenvalue weighted by Crippen LogP contribution is -2.09. The second-order valence-electron chi connectivity index (χ2n) is 3.66. The van der Waals surface area contributed by atoms with Crippen molar-refractivity contribution in [1.29, 1.82) is 0 Å². The fourth-order valence-corrected chi connectivity index (χ4v) is 2.40. The minimum Gasteiger partial charge on any atom is -0.465 e. The molecule has 0 aliphatic rings. The van der Waals surface area contributed by atoms with E-state index in [2.05, 4.69) is 4.98 Å². The van der Waals surface area contributed by atoms with Crippen LogP contribution in [-0.2, 0) is 16.0 Å². The zero-order valence-electron chi connectivity index (χ0n) is 9.40. The number of nitrogens with zero attached hydrogens (tertiary/aromatic N) is 2. The highest BCUT2D eigenvalue weighted by molar-refractivity contribution is 7.15. The van der Waals surface area contributed by atoms with E-state index in [-0.39, 0.29) is 5.97 Å². The van der Waals surface area contributed by atoms with Crippen LogP contribution < -0.4 is 0 Å². The number of thiazole rings is 1. The summed E-state index contributed by atoms with van der Waals surface area (Å²) in [4.78, 5) is 16.7. The highest BCUT2D eigenvalue weighted by Gasteiger charge is 2.10. The molecule has 0 aliphatic heterocycles. The minimum atomic E-state index is -0.173. The standard InChI is InChI=1S/C11H14N2O2S/c1-3-4-15-10(14)5-9-7-16-11-12-8(2)6-13(9)11/h6-7H,3-5H2,1-2H3. The second-order valence-corrected chi connectivity index (χ2v) is 4.50. The number of carbonyl (C=O) groups excluding carboxylic acids is 1. The van der Waals surface area contributed by atoms with Gasteiger partial charge in [-0.1, -0.05) is 6.92 Å². The van der Waals surface area contributed by atoms with Gasteiger partial charge in [-0.2, -0.15) is 0 Å². The number of fused-ring (bicyclic) bond motifs is 1. The molecule has 2 aromatic heterocycles. The van der Waals surface area contributed by atoms with Crippen LogP contribution in [0.1, 0.15) is 24.7 Å². The van der Waals surface area contributed by atoms with E-state index >= 15 is 0 Å². The van der Waals surface area contributed by atoms with Crippen LogP contribution in [0.25, 0.3) is 4.96 Å². The third kappa shape index (κ3) is 2.24. The molecule has 5 heteroatoms. The zero-order chi connectivity index (χ0) is 11.5. The van der Waals surface area contributed by atoms with Gasteiger partial charge in [0.2, 0.25) is 0 Å². The van der Waals surface area contributed by atoms with Crippen LogP contribution in [-0.4, -0.2) is 22.0 Å². The van der Waals surface area contributed by atoms with Gasteiger partial charge in [-0.25, -0.2) is 4.98 Å². The summed E-state index contributed by atoms with van der Waals surface area (Å²) in [5.74, 6) is -0.173. The van der Waals surface area contributed by atoms with Crippen LogP contribution in [0.2, 0.25) is 0 Å². The van der Waals surface area contributed by atoms with Gasteiger partial charge < -0.3 is 4.74 Å². The molecule has 2 aromatic rings. The zero-order valence-corrected chi connectivity index (χ0v) is 10.2. The molecule has 0 aliphatic carbocycles. The van der Waals surface area contributed by atoms with Crippen molar-refractivity contribution in [2.75, 3.05) is 6.61 Å². The van der Waals surface area contributed by atoms with Crippen molar-refractivity contribution in [2.45, 2.75) is 26.7 Å². The monoisotopic (exact) mass is 238 g/mol. The number of rotatable bonds is 4. The van der Waals surface area contributed by atoms with Crippen LogP contribution in [0.4, 0.5) is 0 Å². The number of esters is 1. The summed E-state index contributed by atoms with van der Waals surface area (Å²) in [6.07, 6.45) is 3.11. The molecule has 0 fully saturated rings. The molecule has 2 heterocycles. The topological polar surface area (TPSA) is 43.6 Å². The molecule has 4 nitrogen and oxygen atoms in total. The summed E-state index contributed by atoms with van der Waals surface area (Å²) < 4.78 is 7.00. The predicted octanol–water partition coefficient (Wildman–Crippen LogP) is 2.20. The third-order valence-electron chi connectivity index (χ3n) is 2.20. The van der Waals surface area contributed by atoms with E-state index in [4.69, 9.17) is 4.74 Å². The highest BCUT2D eigenvalue weighted by Crippen LogP contribution is 2.17. The molecule has 0 saturated heterocycles. The van der Waals surface area contributed by atoms with Crippen molar-refractivity contribution in [3.05, 3.63) is 23.0 Å². The van der Waals surface area contributed by atoms with Gasteiger partial charge in [-0.05, 0) is 13.3 Å². The Kier molecular flexibility index (Phi) is 3.24. The number of aryl methyl sites for hydroxylation is 1. The van der Waals surface area contributed by atoms with Gasteiger partial charge >= 0.3 is 5.97 Å². The highest BCUT2D eigenvalue weighted by atomic mass is 32.1. The average Bonchev–Trinajstić information content (AvgIpc) is 2.76. The average molecular weight is 238 g/mol. The molecule has 0 bridgehead atoms. The smallest absolute Gasteiger partial charge is 0.311 e. The Morgan fingerprint density at radius 2 is 2.44 bits per heavy atom. The van der Waals surface area contributed by atoms with Crippen molar-refractivity contribution in [2.24, 2.45) is 0 Å². The SMILES string of the molecule is CCCOC(=O)Cc1csc2nc(C)cn12. The predicted molar refractivity (Wildman–Crippen MR) is 62.8 cm³/mol. The van der Waals surface area contributed by atoms with E-state index in [1.54, 1.807) is 11.3 Å². The van der Waals surface area contributed by atoms with Crippen LogP contribution in [0.3, 0.4) is 0 Å². The largest absolute Gasteiger partial charge is 0.465 e. The lowest BCUT2D eigenvalue weighted by atomic mass is 10.3. The van der Waals surface area contributed by atoms with Crippen LogP contribution >= 0.6 is 11.3 Å². The lowest BCUT2D eigenvalue weighted by molar-refractivity contribution is -0.142. The Labute approximate surface area is 97.9 Å². The first-order valence-corrected chi connectivity index (χ1v) is 6.16. The quantitative estimate of drug-likeness (QED) is 0.767. The fourth-order valence-electron chi connectivity index (χ4n) is 1.48. The molecule has 0 saturated carbocycles. The molecule has 0 unspecified atom stereocenters. The molecule has 16 heavy (non-hydrogen) atoms. The molecular weight excluding hydrogens is 224 g/mol. The van der Waals surface area contributed by atoms with Crippen LogP contribution in [0.5, 0.6) is 0 Å². The van der Waals surface area contributed by atoms with Crippen molar-refractivity contribution in [1.82, 2.24) is 9.38 Å². The Hall–Kier alpha value is -1.36. The molecule has 2 rings (SSSR count). The molecule has 86 valence electrons. The number of ether oxygens (including phenoxy) is 1. The van der Waals surface area contributed by atoms with Gasteiger partial charge in [0.25, 0.3) is 0 Å². The Morgan fingerprint density at radius 3 is 3.19 bits per heavy atom. The maximum absolute atomic E-state index is 11.5. The van der Waals surface area contributed by atoms with Crippen LogP contribution in [0.15, 0.2) is 11.6 Å². The Morgan fingerprint density at radius 1 is 1.62 bits per heavy atom. The number of hydrogen-bond acceptors (Lipinski definition) is 4. The molecule has 0 aromatic carbocycles. The third-order valence-corrected chi connectivity index (χ3v) is 3.09. The molecule has 0 N–H and O–H groups in total. The van der Waals surface area contributed by atoms with Gasteiger partial charge in [-0.15, -0.1) is 11.3 Å². The van der Waals surface area contributed by atoms with Gasteiger partial charge in [0.15, 0.2) is 4.96 Å². The Bertz CT molecular complexity index is 501. The van der Waals surface area contributed by atoms with Gasteiger partial charge in [0, 0.05) is 17.3 Å². The first-order valence-electron chi connectivity index (χ1n) is 5.28. The minimum absolute atomic E-state index is 0.173. The number of carbonyl (C=O) groups is 1. The molecular formula is C11H14N2O2S. The fraction of sp³-hybridized carbons (Fsp3) is 0.455. The van der Waals surface area contributed by atoms with E-state index in [0.717, 1.165) is 22.8 Å². The summed E-state index contributed by atoms with van der Waals surface area (Å²) in [6.45, 7) is 4.42. The summed E-state index contributed by atoms with van der Waals surface area (Å²) in [5.41, 5.74) is 1.91. The summed E-state index contributed by atoms with van der Waals surface area (Å²) in [5, 5.41) is 1.95. The van der Waals surface area contributed by atoms with Gasteiger partial charge in [0.1, 0.15) is 0 Å². The summed E-state index contributed by atoms with van der Waals surface area (Å²) >= 11 is 1.54. The first-order chi connectivity index (χ1) is 7.70. The van der Waals surface area contributed by atoms with E-state index < -0.39 is 0 Å². The summed E-state index contributed by atoms with van der Waals surface area (Å²) in [7, 11) is 0. The van der Waals surface area contributed by atoms with Crippen molar-refractivity contribution in [3.8, 4) is 0 Å². The maximum Gasteiger partial charge on any atom is 0.311 e. The molecule has 0 spiro atoms. The lowest BCUT2D eigenvalue weighted by Gasteiger charge is -2.01. The summed E-state index contributed by atoms with van der Waals surface area (Å²) in [6, 6.07) is 0. The maximum atomic E-state index is 11.5. The first kappa shape index (κ1) is 11.1. The normalized spacial score (nSPS) is 10.9. The van der Waals surface area contributed by atoms with Crippen LogP contribution in [0, 0.1) is 6.92 Å². The van der Waals surface area contributed by atoms with E-state index in [0.29, 0.717) is 13.0 Å². The number of hydrogen-bond donors (Lipinski definition) is 0. The van der Waals surface area contributed by atoms with E-state index in [1.165, 1.54) is 0 Å². The number of aromatic nitrogens is 2. The molecule has 0 amide bonds. The van der Waals surface area contributed by atoms with Crippen molar-refractivity contribution < 1.29 is 9.53 Å². The van der Waals surface area contributed by atoms with E-state index in [1.807, 2.05) is 29.8 Å². The van der Waals surface area contributed by atoms with E-state index in [9.17, 15) is 4.79 Å². The molecule has 0 atom stereocenters. The second kappa shape index (κ2) is 4.65. The van der Waals surface area contributed by atoms with Crippen molar-refractivity contribution in [3.63, 3.8) is 0 Å². The van der Waals surface area contributed by atoms with Gasteiger partial charge in [0.05, 0.1) is 18.7 Å². The molecule has 0 radical (unpaired) electrons.